The lowest BCUT2D eigenvalue weighted by atomic mass is 10.1. The number of benzene rings is 2. The predicted molar refractivity (Wildman–Crippen MR) is 80.5 cm³/mol. The van der Waals surface area contributed by atoms with Crippen molar-refractivity contribution in [2.24, 2.45) is 0 Å². The van der Waals surface area contributed by atoms with Crippen LogP contribution in [0.5, 0.6) is 0 Å². The maximum atomic E-state index is 13.2. The summed E-state index contributed by atoms with van der Waals surface area (Å²) in [7, 11) is 0. The molecule has 96 valence electrons. The summed E-state index contributed by atoms with van der Waals surface area (Å²) in [6.07, 6.45) is 5.37. The number of halogens is 2. The van der Waals surface area contributed by atoms with Gasteiger partial charge in [-0.1, -0.05) is 18.1 Å². The Kier molecular flexibility index (Phi) is 4.24. The second-order valence-corrected chi connectivity index (χ2v) is 5.12. The molecule has 2 rings (SSSR count). The Hall–Kier alpha value is -1.79. The molecule has 1 atom stereocenters. The van der Waals surface area contributed by atoms with Gasteiger partial charge in [0.1, 0.15) is 5.82 Å². The zero-order chi connectivity index (χ0) is 13.8. The van der Waals surface area contributed by atoms with Crippen LogP contribution < -0.4 is 5.32 Å². The SMILES string of the molecule is C#Cc1cccc(NC(C)c2ccc(F)c(Br)c2)c1. The molecular weight excluding hydrogens is 305 g/mol. The first-order valence-corrected chi connectivity index (χ1v) is 6.67. The van der Waals surface area contributed by atoms with Crippen LogP contribution >= 0.6 is 15.9 Å². The fourth-order valence-corrected chi connectivity index (χ4v) is 2.21. The predicted octanol–water partition coefficient (Wildman–Crippen LogP) is 4.74. The zero-order valence-electron chi connectivity index (χ0n) is 10.5. The van der Waals surface area contributed by atoms with E-state index in [0.29, 0.717) is 4.47 Å². The van der Waals surface area contributed by atoms with E-state index >= 15 is 0 Å². The molecule has 2 aromatic carbocycles. The number of hydrogen-bond acceptors (Lipinski definition) is 1. The molecule has 0 aromatic heterocycles. The molecule has 0 radical (unpaired) electrons. The summed E-state index contributed by atoms with van der Waals surface area (Å²) < 4.78 is 13.7. The van der Waals surface area contributed by atoms with Gasteiger partial charge in [-0.2, -0.15) is 0 Å². The number of rotatable bonds is 3. The van der Waals surface area contributed by atoms with Crippen molar-refractivity contribution in [3.63, 3.8) is 0 Å². The summed E-state index contributed by atoms with van der Waals surface area (Å²) >= 11 is 3.19. The molecule has 1 unspecified atom stereocenters. The smallest absolute Gasteiger partial charge is 0.137 e. The van der Waals surface area contributed by atoms with Crippen molar-refractivity contribution in [3.8, 4) is 12.3 Å². The topological polar surface area (TPSA) is 12.0 Å². The number of anilines is 1. The number of hydrogen-bond donors (Lipinski definition) is 1. The maximum Gasteiger partial charge on any atom is 0.137 e. The maximum absolute atomic E-state index is 13.2. The molecule has 0 fully saturated rings. The molecular formula is C16H13BrFN. The van der Waals surface area contributed by atoms with E-state index in [2.05, 4.69) is 27.2 Å². The second-order valence-electron chi connectivity index (χ2n) is 4.26. The van der Waals surface area contributed by atoms with Crippen LogP contribution in [0.2, 0.25) is 0 Å². The number of terminal acetylenes is 1. The lowest BCUT2D eigenvalue weighted by molar-refractivity contribution is 0.619. The molecule has 0 aliphatic carbocycles. The van der Waals surface area contributed by atoms with Gasteiger partial charge in [-0.25, -0.2) is 4.39 Å². The fourth-order valence-electron chi connectivity index (χ4n) is 1.81. The van der Waals surface area contributed by atoms with Crippen molar-refractivity contribution in [2.75, 3.05) is 5.32 Å². The largest absolute Gasteiger partial charge is 0.378 e. The van der Waals surface area contributed by atoms with E-state index in [-0.39, 0.29) is 11.9 Å². The molecule has 1 N–H and O–H groups in total. The van der Waals surface area contributed by atoms with E-state index in [0.717, 1.165) is 16.8 Å². The summed E-state index contributed by atoms with van der Waals surface area (Å²) in [6, 6.07) is 12.7. The Morgan fingerprint density at radius 2 is 2.05 bits per heavy atom. The normalized spacial score (nSPS) is 11.7. The minimum Gasteiger partial charge on any atom is -0.378 e. The van der Waals surface area contributed by atoms with E-state index in [1.165, 1.54) is 6.07 Å². The van der Waals surface area contributed by atoms with Gasteiger partial charge in [0.25, 0.3) is 0 Å². The summed E-state index contributed by atoms with van der Waals surface area (Å²) in [5, 5.41) is 3.34. The minimum atomic E-state index is -0.259. The molecule has 2 aromatic rings. The highest BCUT2D eigenvalue weighted by Gasteiger charge is 2.08. The minimum absolute atomic E-state index is 0.0601. The Labute approximate surface area is 121 Å². The van der Waals surface area contributed by atoms with Gasteiger partial charge in [0.05, 0.1) is 4.47 Å². The van der Waals surface area contributed by atoms with Crippen molar-refractivity contribution < 1.29 is 4.39 Å². The zero-order valence-corrected chi connectivity index (χ0v) is 12.0. The highest BCUT2D eigenvalue weighted by Crippen LogP contribution is 2.24. The Bertz CT molecular complexity index is 631. The average Bonchev–Trinajstić information content (AvgIpc) is 2.42. The summed E-state index contributed by atoms with van der Waals surface area (Å²) in [5.74, 6) is 2.34. The van der Waals surface area contributed by atoms with Crippen molar-refractivity contribution in [2.45, 2.75) is 13.0 Å². The van der Waals surface area contributed by atoms with Gasteiger partial charge < -0.3 is 5.32 Å². The van der Waals surface area contributed by atoms with E-state index in [9.17, 15) is 4.39 Å². The average molecular weight is 318 g/mol. The van der Waals surface area contributed by atoms with Gasteiger partial charge in [-0.3, -0.25) is 0 Å². The Morgan fingerprint density at radius 1 is 1.26 bits per heavy atom. The highest BCUT2D eigenvalue weighted by atomic mass is 79.9. The van der Waals surface area contributed by atoms with E-state index < -0.39 is 0 Å². The Morgan fingerprint density at radius 3 is 2.74 bits per heavy atom. The van der Waals surface area contributed by atoms with E-state index in [1.54, 1.807) is 12.1 Å². The second kappa shape index (κ2) is 5.90. The van der Waals surface area contributed by atoms with Gasteiger partial charge in [0.15, 0.2) is 0 Å². The van der Waals surface area contributed by atoms with Crippen LogP contribution in [-0.2, 0) is 0 Å². The molecule has 0 bridgehead atoms. The third-order valence-corrected chi connectivity index (χ3v) is 3.46. The standard InChI is InChI=1S/C16H13BrFN/c1-3-12-5-4-6-14(9-12)19-11(2)13-7-8-16(18)15(17)10-13/h1,4-11,19H,2H3. The monoisotopic (exact) mass is 317 g/mol. The van der Waals surface area contributed by atoms with Gasteiger partial charge in [0.2, 0.25) is 0 Å². The molecule has 0 amide bonds. The van der Waals surface area contributed by atoms with Crippen LogP contribution in [0.1, 0.15) is 24.1 Å². The molecule has 0 spiro atoms. The van der Waals surface area contributed by atoms with Crippen LogP contribution in [0.4, 0.5) is 10.1 Å². The van der Waals surface area contributed by atoms with Gasteiger partial charge in [-0.05, 0) is 58.7 Å². The molecule has 0 saturated carbocycles. The first kappa shape index (κ1) is 13.6. The lowest BCUT2D eigenvalue weighted by Gasteiger charge is -2.16. The quantitative estimate of drug-likeness (QED) is 0.806. The fraction of sp³-hybridized carbons (Fsp3) is 0.125. The van der Waals surface area contributed by atoms with Crippen molar-refractivity contribution in [1.82, 2.24) is 0 Å². The van der Waals surface area contributed by atoms with Crippen LogP contribution in [0.3, 0.4) is 0 Å². The van der Waals surface area contributed by atoms with Crippen LogP contribution in [0.25, 0.3) is 0 Å². The third kappa shape index (κ3) is 3.36. The highest BCUT2D eigenvalue weighted by molar-refractivity contribution is 9.10. The molecule has 0 heterocycles. The van der Waals surface area contributed by atoms with E-state index in [1.807, 2.05) is 31.2 Å². The summed E-state index contributed by atoms with van der Waals surface area (Å²) in [4.78, 5) is 0. The molecule has 19 heavy (non-hydrogen) atoms. The van der Waals surface area contributed by atoms with E-state index in [4.69, 9.17) is 6.42 Å². The van der Waals surface area contributed by atoms with Crippen molar-refractivity contribution >= 4 is 21.6 Å². The van der Waals surface area contributed by atoms with Gasteiger partial charge in [0, 0.05) is 17.3 Å². The van der Waals surface area contributed by atoms with Crippen LogP contribution in [-0.4, -0.2) is 0 Å². The lowest BCUT2D eigenvalue weighted by Crippen LogP contribution is -2.06. The van der Waals surface area contributed by atoms with Crippen molar-refractivity contribution in [3.05, 3.63) is 63.9 Å². The Balaban J connectivity index is 2.18. The van der Waals surface area contributed by atoms with Crippen LogP contribution in [0, 0.1) is 18.2 Å². The summed E-state index contributed by atoms with van der Waals surface area (Å²) in [5.41, 5.74) is 2.78. The van der Waals surface area contributed by atoms with Crippen molar-refractivity contribution in [1.29, 1.82) is 0 Å². The molecule has 3 heteroatoms. The summed E-state index contributed by atoms with van der Waals surface area (Å²) in [6.45, 7) is 2.02. The first-order chi connectivity index (χ1) is 9.10. The van der Waals surface area contributed by atoms with Gasteiger partial charge >= 0.3 is 0 Å². The molecule has 0 saturated heterocycles. The number of nitrogens with one attached hydrogen (secondary N) is 1. The first-order valence-electron chi connectivity index (χ1n) is 5.88. The third-order valence-electron chi connectivity index (χ3n) is 2.86. The van der Waals surface area contributed by atoms with Crippen LogP contribution in [0.15, 0.2) is 46.9 Å². The molecule has 0 aliphatic rings. The molecule has 0 aliphatic heterocycles. The molecule has 1 nitrogen and oxygen atoms in total. The van der Waals surface area contributed by atoms with Gasteiger partial charge in [-0.15, -0.1) is 6.42 Å².